The molecule has 0 aliphatic rings. The van der Waals surface area contributed by atoms with Gasteiger partial charge in [-0.15, -0.1) is 0 Å². The van der Waals surface area contributed by atoms with Crippen molar-refractivity contribution in [2.45, 2.75) is 51.4 Å². The molecule has 0 bridgehead atoms. The molecule has 0 aromatic heterocycles. The summed E-state index contributed by atoms with van der Waals surface area (Å²) in [6.45, 7) is 2.29. The summed E-state index contributed by atoms with van der Waals surface area (Å²) in [5.74, 6) is 0.548. The normalized spacial score (nSPS) is 11.9. The van der Waals surface area contributed by atoms with Crippen molar-refractivity contribution in [3.63, 3.8) is 0 Å². The number of hydrogen-bond acceptors (Lipinski definition) is 2. The molecule has 4 aromatic rings. The lowest BCUT2D eigenvalue weighted by atomic mass is 9.88. The Morgan fingerprint density at radius 3 is 1.18 bits per heavy atom. The molecule has 1 atom stereocenters. The van der Waals surface area contributed by atoms with E-state index in [1.54, 1.807) is 0 Å². The Labute approximate surface area is 204 Å². The summed E-state index contributed by atoms with van der Waals surface area (Å²) in [5.41, 5.74) is 21.5. The quantitative estimate of drug-likeness (QED) is 0.253. The van der Waals surface area contributed by atoms with E-state index in [1.807, 2.05) is 24.3 Å². The summed E-state index contributed by atoms with van der Waals surface area (Å²) in [6, 6.07) is 34.9. The van der Waals surface area contributed by atoms with Crippen molar-refractivity contribution in [3.8, 4) is 0 Å². The number of anilines is 2. The Bertz CT molecular complexity index is 1140. The number of rotatable bonds is 10. The van der Waals surface area contributed by atoms with Gasteiger partial charge in [0.1, 0.15) is 0 Å². The highest BCUT2D eigenvalue weighted by Gasteiger charge is 2.11. The standard InChI is InChI=1S/C32H36N2/c1-2-29(30-17-11-25(12-18-30)4-6-27-15-21-32(34)22-16-27)23-28-9-7-24(8-10-28)3-5-26-13-19-31(33)20-14-26/h7-22,29H,2-6,23,33-34H2,1H3. The van der Waals surface area contributed by atoms with Crippen LogP contribution in [0.1, 0.15) is 52.6 Å². The van der Waals surface area contributed by atoms with Crippen LogP contribution in [0.2, 0.25) is 0 Å². The van der Waals surface area contributed by atoms with Crippen LogP contribution in [0.5, 0.6) is 0 Å². The van der Waals surface area contributed by atoms with Gasteiger partial charge in [0.25, 0.3) is 0 Å². The van der Waals surface area contributed by atoms with Gasteiger partial charge in [-0.3, -0.25) is 0 Å². The van der Waals surface area contributed by atoms with Crippen LogP contribution < -0.4 is 11.5 Å². The molecule has 0 heterocycles. The first-order valence-electron chi connectivity index (χ1n) is 12.4. The van der Waals surface area contributed by atoms with Crippen molar-refractivity contribution in [2.75, 3.05) is 11.5 Å². The minimum atomic E-state index is 0.548. The van der Waals surface area contributed by atoms with Crippen molar-refractivity contribution in [2.24, 2.45) is 0 Å². The maximum absolute atomic E-state index is 5.79. The largest absolute Gasteiger partial charge is 0.399 e. The molecule has 0 spiro atoms. The van der Waals surface area contributed by atoms with Gasteiger partial charge in [0.2, 0.25) is 0 Å². The molecule has 4 N–H and O–H groups in total. The van der Waals surface area contributed by atoms with E-state index in [0.29, 0.717) is 5.92 Å². The summed E-state index contributed by atoms with van der Waals surface area (Å²) in [7, 11) is 0. The molecule has 2 heteroatoms. The fourth-order valence-corrected chi connectivity index (χ4v) is 4.53. The average Bonchev–Trinajstić information content (AvgIpc) is 2.88. The zero-order valence-corrected chi connectivity index (χ0v) is 20.2. The van der Waals surface area contributed by atoms with Gasteiger partial charge in [-0.25, -0.2) is 0 Å². The third kappa shape index (κ3) is 6.74. The summed E-state index contributed by atoms with van der Waals surface area (Å²) < 4.78 is 0. The van der Waals surface area contributed by atoms with Gasteiger partial charge >= 0.3 is 0 Å². The molecule has 0 aliphatic carbocycles. The summed E-state index contributed by atoms with van der Waals surface area (Å²) >= 11 is 0. The number of hydrogen-bond donors (Lipinski definition) is 2. The molecule has 0 radical (unpaired) electrons. The molecule has 4 rings (SSSR count). The number of nitrogen functional groups attached to an aromatic ring is 2. The van der Waals surface area contributed by atoms with Crippen molar-refractivity contribution < 1.29 is 0 Å². The first kappa shape index (κ1) is 23.6. The van der Waals surface area contributed by atoms with Crippen molar-refractivity contribution >= 4 is 11.4 Å². The second-order valence-electron chi connectivity index (χ2n) is 9.35. The van der Waals surface area contributed by atoms with Crippen molar-refractivity contribution in [3.05, 3.63) is 130 Å². The molecule has 0 amide bonds. The van der Waals surface area contributed by atoms with Gasteiger partial charge in [0.15, 0.2) is 0 Å². The molecular weight excluding hydrogens is 412 g/mol. The molecule has 34 heavy (non-hydrogen) atoms. The second kappa shape index (κ2) is 11.6. The van der Waals surface area contributed by atoms with Crippen LogP contribution in [-0.2, 0) is 32.1 Å². The topological polar surface area (TPSA) is 52.0 Å². The minimum absolute atomic E-state index is 0.548. The first-order valence-corrected chi connectivity index (χ1v) is 12.4. The third-order valence-electron chi connectivity index (χ3n) is 6.81. The van der Waals surface area contributed by atoms with Crippen LogP contribution in [0, 0.1) is 0 Å². The molecule has 4 aromatic carbocycles. The Kier molecular flexibility index (Phi) is 8.04. The zero-order chi connectivity index (χ0) is 23.8. The third-order valence-corrected chi connectivity index (χ3v) is 6.81. The van der Waals surface area contributed by atoms with E-state index in [9.17, 15) is 0 Å². The van der Waals surface area contributed by atoms with Gasteiger partial charge in [0.05, 0.1) is 0 Å². The van der Waals surface area contributed by atoms with Gasteiger partial charge in [0, 0.05) is 11.4 Å². The molecule has 0 fully saturated rings. The van der Waals surface area contributed by atoms with E-state index >= 15 is 0 Å². The monoisotopic (exact) mass is 448 g/mol. The Morgan fingerprint density at radius 1 is 0.471 bits per heavy atom. The second-order valence-corrected chi connectivity index (χ2v) is 9.35. The SMILES string of the molecule is CCC(Cc1ccc(CCc2ccc(N)cc2)cc1)c1ccc(CCc2ccc(N)cc2)cc1. The molecule has 174 valence electrons. The lowest BCUT2D eigenvalue weighted by Gasteiger charge is -2.16. The van der Waals surface area contributed by atoms with E-state index in [0.717, 1.165) is 49.9 Å². The van der Waals surface area contributed by atoms with Crippen molar-refractivity contribution in [1.82, 2.24) is 0 Å². The van der Waals surface area contributed by atoms with Crippen LogP contribution >= 0.6 is 0 Å². The van der Waals surface area contributed by atoms with Gasteiger partial charge in [-0.1, -0.05) is 79.7 Å². The van der Waals surface area contributed by atoms with Gasteiger partial charge in [-0.2, -0.15) is 0 Å². The van der Waals surface area contributed by atoms with E-state index in [4.69, 9.17) is 11.5 Å². The van der Waals surface area contributed by atoms with Gasteiger partial charge < -0.3 is 11.5 Å². The number of benzene rings is 4. The van der Waals surface area contributed by atoms with Gasteiger partial charge in [-0.05, 0) is 102 Å². The molecule has 0 saturated carbocycles. The van der Waals surface area contributed by atoms with Crippen LogP contribution in [0.15, 0.2) is 97.1 Å². The summed E-state index contributed by atoms with van der Waals surface area (Å²) in [5, 5.41) is 0. The minimum Gasteiger partial charge on any atom is -0.399 e. The maximum Gasteiger partial charge on any atom is 0.0314 e. The lowest BCUT2D eigenvalue weighted by Crippen LogP contribution is -2.03. The summed E-state index contributed by atoms with van der Waals surface area (Å²) in [6.07, 6.45) is 6.42. The highest BCUT2D eigenvalue weighted by molar-refractivity contribution is 5.40. The number of nitrogens with two attached hydrogens (primary N) is 2. The summed E-state index contributed by atoms with van der Waals surface area (Å²) in [4.78, 5) is 0. The van der Waals surface area contributed by atoms with Crippen molar-refractivity contribution in [1.29, 1.82) is 0 Å². The molecule has 0 aliphatic heterocycles. The molecule has 1 unspecified atom stereocenters. The Balaban J connectivity index is 1.30. The molecular formula is C32H36N2. The van der Waals surface area contributed by atoms with Crippen LogP contribution in [0.3, 0.4) is 0 Å². The smallest absolute Gasteiger partial charge is 0.0314 e. The fraction of sp³-hybridized carbons (Fsp3) is 0.250. The highest BCUT2D eigenvalue weighted by atomic mass is 14.5. The van der Waals surface area contributed by atoms with Crippen LogP contribution in [-0.4, -0.2) is 0 Å². The van der Waals surface area contributed by atoms with E-state index < -0.39 is 0 Å². The molecule has 2 nitrogen and oxygen atoms in total. The predicted octanol–water partition coefficient (Wildman–Crippen LogP) is 7.16. The van der Waals surface area contributed by atoms with Crippen LogP contribution in [0.4, 0.5) is 11.4 Å². The maximum atomic E-state index is 5.79. The van der Waals surface area contributed by atoms with E-state index in [-0.39, 0.29) is 0 Å². The highest BCUT2D eigenvalue weighted by Crippen LogP contribution is 2.25. The predicted molar refractivity (Wildman–Crippen MR) is 146 cm³/mol. The van der Waals surface area contributed by atoms with E-state index in [2.05, 4.69) is 79.7 Å². The van der Waals surface area contributed by atoms with Crippen LogP contribution in [0.25, 0.3) is 0 Å². The van der Waals surface area contributed by atoms with E-state index in [1.165, 1.54) is 33.4 Å². The number of aryl methyl sites for hydroxylation is 4. The average molecular weight is 449 g/mol. The Morgan fingerprint density at radius 2 is 0.794 bits per heavy atom. The lowest BCUT2D eigenvalue weighted by molar-refractivity contribution is 0.659. The first-order chi connectivity index (χ1) is 16.6. The zero-order valence-electron chi connectivity index (χ0n) is 20.2. The Hall–Kier alpha value is -3.52. The molecule has 0 saturated heterocycles. The fourth-order valence-electron chi connectivity index (χ4n) is 4.53.